The average molecular weight is 332 g/mol. The number of hydrogen-bond donors (Lipinski definition) is 2. The molecule has 6 nitrogen and oxygen atoms in total. The van der Waals surface area contributed by atoms with Crippen molar-refractivity contribution in [3.8, 4) is 0 Å². The normalized spacial score (nSPS) is 20.8. The molecule has 0 unspecified atom stereocenters. The Morgan fingerprint density at radius 1 is 1.33 bits per heavy atom. The molecule has 2 heterocycles. The molecule has 2 amide bonds. The van der Waals surface area contributed by atoms with Crippen molar-refractivity contribution < 1.29 is 9.90 Å². The van der Waals surface area contributed by atoms with E-state index < -0.39 is 5.60 Å². The van der Waals surface area contributed by atoms with Crippen LogP contribution in [-0.2, 0) is 6.42 Å². The SMILES string of the molecule is CC(C)Cc1ncc(NC(=O)N2CCC(O)(C3CCC3)CC2)cn1. The number of aromatic nitrogens is 2. The molecule has 0 radical (unpaired) electrons. The summed E-state index contributed by atoms with van der Waals surface area (Å²) in [4.78, 5) is 22.7. The van der Waals surface area contributed by atoms with Crippen LogP contribution in [-0.4, -0.2) is 44.7 Å². The molecule has 1 aliphatic heterocycles. The summed E-state index contributed by atoms with van der Waals surface area (Å²) in [7, 11) is 0. The Morgan fingerprint density at radius 3 is 2.46 bits per heavy atom. The first-order valence-corrected chi connectivity index (χ1v) is 9.05. The standard InChI is InChI=1S/C18H28N4O2/c1-13(2)10-16-19-11-15(12-20-16)21-17(23)22-8-6-18(24,7-9-22)14-4-3-5-14/h11-14,24H,3-10H2,1-2H3,(H,21,23). The molecule has 1 aromatic rings. The molecule has 24 heavy (non-hydrogen) atoms. The quantitative estimate of drug-likeness (QED) is 0.889. The number of amides is 2. The van der Waals surface area contributed by atoms with Crippen molar-refractivity contribution in [3.05, 3.63) is 18.2 Å². The molecule has 0 spiro atoms. The lowest BCUT2D eigenvalue weighted by Gasteiger charge is -2.46. The van der Waals surface area contributed by atoms with Gasteiger partial charge < -0.3 is 15.3 Å². The average Bonchev–Trinajstić information content (AvgIpc) is 2.47. The maximum atomic E-state index is 12.4. The summed E-state index contributed by atoms with van der Waals surface area (Å²) < 4.78 is 0. The van der Waals surface area contributed by atoms with Crippen LogP contribution in [0.5, 0.6) is 0 Å². The minimum Gasteiger partial charge on any atom is -0.389 e. The van der Waals surface area contributed by atoms with Crippen LogP contribution < -0.4 is 5.32 Å². The summed E-state index contributed by atoms with van der Waals surface area (Å²) in [5.41, 5.74) is 0.0590. The van der Waals surface area contributed by atoms with Gasteiger partial charge in [-0.2, -0.15) is 0 Å². The number of carbonyl (C=O) groups is 1. The van der Waals surface area contributed by atoms with Crippen molar-refractivity contribution in [3.63, 3.8) is 0 Å². The minimum atomic E-state index is -0.559. The van der Waals surface area contributed by atoms with Crippen LogP contribution >= 0.6 is 0 Å². The zero-order valence-corrected chi connectivity index (χ0v) is 14.7. The summed E-state index contributed by atoms with van der Waals surface area (Å²) in [5, 5.41) is 13.6. The van der Waals surface area contributed by atoms with E-state index in [4.69, 9.17) is 0 Å². The van der Waals surface area contributed by atoms with Gasteiger partial charge in [0.2, 0.25) is 0 Å². The Labute approximate surface area is 143 Å². The Morgan fingerprint density at radius 2 is 1.96 bits per heavy atom. The van der Waals surface area contributed by atoms with E-state index in [0.717, 1.165) is 25.1 Å². The molecule has 6 heteroatoms. The summed E-state index contributed by atoms with van der Waals surface area (Å²) in [6.45, 7) is 5.46. The Hall–Kier alpha value is -1.69. The molecule has 2 N–H and O–H groups in total. The predicted molar refractivity (Wildman–Crippen MR) is 92.7 cm³/mol. The van der Waals surface area contributed by atoms with Gasteiger partial charge in [0.05, 0.1) is 23.7 Å². The molecule has 0 bridgehead atoms. The molecule has 132 valence electrons. The van der Waals surface area contributed by atoms with E-state index in [-0.39, 0.29) is 6.03 Å². The van der Waals surface area contributed by atoms with Crippen LogP contribution in [0, 0.1) is 11.8 Å². The van der Waals surface area contributed by atoms with E-state index in [0.29, 0.717) is 43.5 Å². The summed E-state index contributed by atoms with van der Waals surface area (Å²) in [6.07, 6.45) is 8.99. The highest BCUT2D eigenvalue weighted by Gasteiger charge is 2.42. The number of urea groups is 1. The fourth-order valence-corrected chi connectivity index (χ4v) is 3.54. The van der Waals surface area contributed by atoms with Crippen LogP contribution in [0.4, 0.5) is 10.5 Å². The molecular weight excluding hydrogens is 304 g/mol. The smallest absolute Gasteiger partial charge is 0.321 e. The van der Waals surface area contributed by atoms with Gasteiger partial charge in [-0.05, 0) is 37.5 Å². The van der Waals surface area contributed by atoms with E-state index in [9.17, 15) is 9.90 Å². The van der Waals surface area contributed by atoms with Crippen molar-refractivity contribution in [2.45, 2.75) is 58.0 Å². The number of rotatable bonds is 4. The Kier molecular flexibility index (Phi) is 5.04. The van der Waals surface area contributed by atoms with Gasteiger partial charge in [0.1, 0.15) is 5.82 Å². The first-order valence-electron chi connectivity index (χ1n) is 9.05. The lowest BCUT2D eigenvalue weighted by molar-refractivity contribution is -0.0845. The molecule has 2 fully saturated rings. The maximum Gasteiger partial charge on any atom is 0.321 e. The largest absolute Gasteiger partial charge is 0.389 e. The van der Waals surface area contributed by atoms with Crippen LogP contribution in [0.2, 0.25) is 0 Å². The van der Waals surface area contributed by atoms with Gasteiger partial charge in [-0.15, -0.1) is 0 Å². The number of anilines is 1. The second-order valence-corrected chi connectivity index (χ2v) is 7.63. The number of nitrogens with zero attached hydrogens (tertiary/aromatic N) is 3. The van der Waals surface area contributed by atoms with Crippen molar-refractivity contribution in [2.24, 2.45) is 11.8 Å². The highest BCUT2D eigenvalue weighted by molar-refractivity contribution is 5.89. The summed E-state index contributed by atoms with van der Waals surface area (Å²) >= 11 is 0. The van der Waals surface area contributed by atoms with Gasteiger partial charge in [0, 0.05) is 19.5 Å². The lowest BCUT2D eigenvalue weighted by atomic mass is 9.69. The van der Waals surface area contributed by atoms with Crippen molar-refractivity contribution >= 4 is 11.7 Å². The van der Waals surface area contributed by atoms with Crippen molar-refractivity contribution in [2.75, 3.05) is 18.4 Å². The Bertz CT molecular complexity index is 561. The fourth-order valence-electron chi connectivity index (χ4n) is 3.54. The monoisotopic (exact) mass is 332 g/mol. The molecule has 2 aliphatic rings. The molecular formula is C18H28N4O2. The third-order valence-electron chi connectivity index (χ3n) is 5.33. The second kappa shape index (κ2) is 7.05. The maximum absolute atomic E-state index is 12.4. The molecule has 1 aliphatic carbocycles. The number of nitrogens with one attached hydrogen (secondary N) is 1. The number of aliphatic hydroxyl groups is 1. The van der Waals surface area contributed by atoms with Crippen molar-refractivity contribution in [1.82, 2.24) is 14.9 Å². The van der Waals surface area contributed by atoms with Gasteiger partial charge in [-0.3, -0.25) is 0 Å². The predicted octanol–water partition coefficient (Wildman–Crippen LogP) is 2.83. The number of carbonyl (C=O) groups excluding carboxylic acids is 1. The number of likely N-dealkylation sites (tertiary alicyclic amines) is 1. The van der Waals surface area contributed by atoms with Crippen LogP contribution in [0.15, 0.2) is 12.4 Å². The van der Waals surface area contributed by atoms with E-state index >= 15 is 0 Å². The van der Waals surface area contributed by atoms with Gasteiger partial charge >= 0.3 is 6.03 Å². The first-order chi connectivity index (χ1) is 11.5. The minimum absolute atomic E-state index is 0.133. The van der Waals surface area contributed by atoms with E-state index in [1.807, 2.05) is 0 Å². The van der Waals surface area contributed by atoms with Crippen LogP contribution in [0.1, 0.15) is 51.8 Å². The highest BCUT2D eigenvalue weighted by atomic mass is 16.3. The van der Waals surface area contributed by atoms with E-state index in [2.05, 4.69) is 29.1 Å². The van der Waals surface area contributed by atoms with E-state index in [1.165, 1.54) is 6.42 Å². The van der Waals surface area contributed by atoms with Gasteiger partial charge in [0.15, 0.2) is 0 Å². The highest BCUT2D eigenvalue weighted by Crippen LogP contribution is 2.41. The Balaban J connectivity index is 1.50. The zero-order chi connectivity index (χ0) is 17.2. The number of piperidine rings is 1. The molecule has 1 saturated carbocycles. The second-order valence-electron chi connectivity index (χ2n) is 7.63. The molecule has 1 saturated heterocycles. The van der Waals surface area contributed by atoms with E-state index in [1.54, 1.807) is 17.3 Å². The van der Waals surface area contributed by atoms with Crippen LogP contribution in [0.3, 0.4) is 0 Å². The lowest BCUT2D eigenvalue weighted by Crippen LogP contribution is -2.52. The summed E-state index contributed by atoms with van der Waals surface area (Å²) in [5.74, 6) is 1.74. The van der Waals surface area contributed by atoms with Gasteiger partial charge in [0.25, 0.3) is 0 Å². The molecule has 0 atom stereocenters. The third kappa shape index (κ3) is 3.86. The topological polar surface area (TPSA) is 78.4 Å². The molecule has 1 aromatic heterocycles. The summed E-state index contributed by atoms with van der Waals surface area (Å²) in [6, 6.07) is -0.133. The number of hydrogen-bond acceptors (Lipinski definition) is 4. The van der Waals surface area contributed by atoms with Crippen LogP contribution in [0.25, 0.3) is 0 Å². The molecule has 3 rings (SSSR count). The van der Waals surface area contributed by atoms with Crippen molar-refractivity contribution in [1.29, 1.82) is 0 Å². The molecule has 0 aromatic carbocycles. The fraction of sp³-hybridized carbons (Fsp3) is 0.722. The third-order valence-corrected chi connectivity index (χ3v) is 5.33. The van der Waals surface area contributed by atoms with Gasteiger partial charge in [-0.25, -0.2) is 14.8 Å². The van der Waals surface area contributed by atoms with Gasteiger partial charge in [-0.1, -0.05) is 20.3 Å². The zero-order valence-electron chi connectivity index (χ0n) is 14.7. The first kappa shape index (κ1) is 17.1.